The lowest BCUT2D eigenvalue weighted by atomic mass is 10.1. The molecule has 100 valence electrons. The summed E-state index contributed by atoms with van der Waals surface area (Å²) in [4.78, 5) is 11.9. The standard InChI is InChI=1S/C14H22N2O2/c1-4-18-14(2,3)10-16-13(17)12(15)11-8-6-5-7-9-11/h5-9,12H,4,10,15H2,1-3H3,(H,16,17). The van der Waals surface area contributed by atoms with Gasteiger partial charge < -0.3 is 15.8 Å². The maximum absolute atomic E-state index is 11.9. The first-order valence-corrected chi connectivity index (χ1v) is 6.18. The van der Waals surface area contributed by atoms with E-state index in [0.717, 1.165) is 5.56 Å². The quantitative estimate of drug-likeness (QED) is 0.806. The minimum absolute atomic E-state index is 0.186. The Bertz CT molecular complexity index is 377. The predicted molar refractivity (Wildman–Crippen MR) is 72.1 cm³/mol. The highest BCUT2D eigenvalue weighted by molar-refractivity contribution is 5.82. The summed E-state index contributed by atoms with van der Waals surface area (Å²) in [5, 5.41) is 2.82. The molecule has 1 amide bonds. The van der Waals surface area contributed by atoms with Crippen molar-refractivity contribution in [1.29, 1.82) is 0 Å². The third kappa shape index (κ3) is 4.47. The van der Waals surface area contributed by atoms with Gasteiger partial charge in [-0.3, -0.25) is 4.79 Å². The van der Waals surface area contributed by atoms with Gasteiger partial charge in [0.05, 0.1) is 5.60 Å². The van der Waals surface area contributed by atoms with Crippen molar-refractivity contribution in [2.75, 3.05) is 13.2 Å². The summed E-state index contributed by atoms with van der Waals surface area (Å²) < 4.78 is 5.51. The number of ether oxygens (including phenoxy) is 1. The summed E-state index contributed by atoms with van der Waals surface area (Å²) in [5.74, 6) is -0.186. The molecule has 0 aliphatic carbocycles. The van der Waals surface area contributed by atoms with Gasteiger partial charge >= 0.3 is 0 Å². The van der Waals surface area contributed by atoms with Crippen LogP contribution < -0.4 is 11.1 Å². The van der Waals surface area contributed by atoms with E-state index >= 15 is 0 Å². The van der Waals surface area contributed by atoms with E-state index in [4.69, 9.17) is 10.5 Å². The molecule has 0 fully saturated rings. The summed E-state index contributed by atoms with van der Waals surface area (Å²) >= 11 is 0. The molecule has 0 aromatic heterocycles. The van der Waals surface area contributed by atoms with Crippen molar-refractivity contribution in [3.63, 3.8) is 0 Å². The molecule has 0 spiro atoms. The Hall–Kier alpha value is -1.39. The van der Waals surface area contributed by atoms with Gasteiger partial charge in [0.25, 0.3) is 0 Å². The molecule has 0 saturated carbocycles. The molecule has 0 aliphatic heterocycles. The second-order valence-electron chi connectivity index (χ2n) is 4.80. The van der Waals surface area contributed by atoms with Gasteiger partial charge in [0.15, 0.2) is 0 Å². The highest BCUT2D eigenvalue weighted by Gasteiger charge is 2.21. The lowest BCUT2D eigenvalue weighted by molar-refractivity contribution is -0.124. The van der Waals surface area contributed by atoms with Crippen molar-refractivity contribution in [1.82, 2.24) is 5.32 Å². The molecule has 1 rings (SSSR count). The third-order valence-electron chi connectivity index (χ3n) is 2.66. The van der Waals surface area contributed by atoms with Gasteiger partial charge in [-0.15, -0.1) is 0 Å². The molecule has 0 saturated heterocycles. The first-order valence-electron chi connectivity index (χ1n) is 6.18. The average Bonchev–Trinajstić information content (AvgIpc) is 2.36. The van der Waals surface area contributed by atoms with E-state index in [0.29, 0.717) is 13.2 Å². The Morgan fingerprint density at radius 3 is 2.56 bits per heavy atom. The number of rotatable bonds is 6. The lowest BCUT2D eigenvalue weighted by Crippen LogP contribution is -2.43. The number of hydrogen-bond acceptors (Lipinski definition) is 3. The number of nitrogens with one attached hydrogen (secondary N) is 1. The molecule has 3 N–H and O–H groups in total. The van der Waals surface area contributed by atoms with Gasteiger partial charge in [-0.25, -0.2) is 0 Å². The summed E-state index contributed by atoms with van der Waals surface area (Å²) in [7, 11) is 0. The summed E-state index contributed by atoms with van der Waals surface area (Å²) in [5.41, 5.74) is 6.32. The maximum Gasteiger partial charge on any atom is 0.241 e. The van der Waals surface area contributed by atoms with Crippen LogP contribution in [0.2, 0.25) is 0 Å². The van der Waals surface area contributed by atoms with Crippen LogP contribution in [0.3, 0.4) is 0 Å². The summed E-state index contributed by atoms with van der Waals surface area (Å²) in [6, 6.07) is 8.69. The number of carbonyl (C=O) groups excluding carboxylic acids is 1. The van der Waals surface area contributed by atoms with Crippen molar-refractivity contribution in [3.05, 3.63) is 35.9 Å². The van der Waals surface area contributed by atoms with Crippen LogP contribution >= 0.6 is 0 Å². The zero-order valence-electron chi connectivity index (χ0n) is 11.3. The fourth-order valence-electron chi connectivity index (χ4n) is 1.66. The van der Waals surface area contributed by atoms with Gasteiger partial charge in [-0.05, 0) is 26.3 Å². The van der Waals surface area contributed by atoms with Gasteiger partial charge in [0.1, 0.15) is 6.04 Å². The average molecular weight is 250 g/mol. The van der Waals surface area contributed by atoms with E-state index in [-0.39, 0.29) is 11.5 Å². The molecular weight excluding hydrogens is 228 g/mol. The molecule has 0 aliphatic rings. The Morgan fingerprint density at radius 2 is 2.00 bits per heavy atom. The van der Waals surface area contributed by atoms with Crippen molar-refractivity contribution < 1.29 is 9.53 Å². The van der Waals surface area contributed by atoms with Crippen LogP contribution in [-0.4, -0.2) is 24.7 Å². The van der Waals surface area contributed by atoms with Gasteiger partial charge in [-0.1, -0.05) is 30.3 Å². The largest absolute Gasteiger partial charge is 0.374 e. The van der Waals surface area contributed by atoms with Crippen LogP contribution in [0.5, 0.6) is 0 Å². The van der Waals surface area contributed by atoms with Gasteiger partial charge in [-0.2, -0.15) is 0 Å². The van der Waals surface area contributed by atoms with E-state index in [1.807, 2.05) is 51.1 Å². The zero-order valence-corrected chi connectivity index (χ0v) is 11.3. The Labute approximate surface area is 109 Å². The van der Waals surface area contributed by atoms with Crippen LogP contribution in [-0.2, 0) is 9.53 Å². The minimum Gasteiger partial charge on any atom is -0.374 e. The van der Waals surface area contributed by atoms with Crippen LogP contribution in [0.4, 0.5) is 0 Å². The van der Waals surface area contributed by atoms with E-state index in [9.17, 15) is 4.79 Å². The first kappa shape index (κ1) is 14.7. The second-order valence-corrected chi connectivity index (χ2v) is 4.80. The molecule has 18 heavy (non-hydrogen) atoms. The normalized spacial score (nSPS) is 13.1. The number of nitrogens with two attached hydrogens (primary N) is 1. The smallest absolute Gasteiger partial charge is 0.241 e. The monoisotopic (exact) mass is 250 g/mol. The van der Waals surface area contributed by atoms with Crippen molar-refractivity contribution in [2.24, 2.45) is 5.73 Å². The third-order valence-corrected chi connectivity index (χ3v) is 2.66. The first-order chi connectivity index (χ1) is 8.46. The molecule has 0 bridgehead atoms. The number of hydrogen-bond donors (Lipinski definition) is 2. The van der Waals surface area contributed by atoms with Gasteiger partial charge in [0.2, 0.25) is 5.91 Å². The van der Waals surface area contributed by atoms with Crippen LogP contribution in [0.25, 0.3) is 0 Å². The van der Waals surface area contributed by atoms with Crippen LogP contribution in [0, 0.1) is 0 Å². The molecule has 1 atom stereocenters. The number of amides is 1. The molecule has 4 heteroatoms. The molecule has 0 heterocycles. The Morgan fingerprint density at radius 1 is 1.39 bits per heavy atom. The fraction of sp³-hybridized carbons (Fsp3) is 0.500. The highest BCUT2D eigenvalue weighted by atomic mass is 16.5. The molecule has 1 unspecified atom stereocenters. The molecular formula is C14H22N2O2. The van der Waals surface area contributed by atoms with E-state index < -0.39 is 6.04 Å². The minimum atomic E-state index is -0.636. The van der Waals surface area contributed by atoms with Crippen molar-refractivity contribution >= 4 is 5.91 Å². The summed E-state index contributed by atoms with van der Waals surface area (Å²) in [6.07, 6.45) is 0. The predicted octanol–water partition coefficient (Wildman–Crippen LogP) is 1.62. The number of benzene rings is 1. The van der Waals surface area contributed by atoms with E-state index in [1.54, 1.807) is 0 Å². The molecule has 1 aromatic rings. The topological polar surface area (TPSA) is 64.3 Å². The Balaban J connectivity index is 2.51. The maximum atomic E-state index is 11.9. The SMILES string of the molecule is CCOC(C)(C)CNC(=O)C(N)c1ccccc1. The second kappa shape index (κ2) is 6.52. The lowest BCUT2D eigenvalue weighted by Gasteiger charge is -2.25. The Kier molecular flexibility index (Phi) is 5.31. The zero-order chi connectivity index (χ0) is 13.6. The van der Waals surface area contributed by atoms with Crippen LogP contribution in [0.1, 0.15) is 32.4 Å². The van der Waals surface area contributed by atoms with Gasteiger partial charge in [0, 0.05) is 13.2 Å². The van der Waals surface area contributed by atoms with E-state index in [2.05, 4.69) is 5.32 Å². The van der Waals surface area contributed by atoms with E-state index in [1.165, 1.54) is 0 Å². The van der Waals surface area contributed by atoms with Crippen molar-refractivity contribution in [3.8, 4) is 0 Å². The van der Waals surface area contributed by atoms with Crippen LogP contribution in [0.15, 0.2) is 30.3 Å². The molecule has 1 aromatic carbocycles. The molecule has 4 nitrogen and oxygen atoms in total. The fourth-order valence-corrected chi connectivity index (χ4v) is 1.66. The molecule has 0 radical (unpaired) electrons. The van der Waals surface area contributed by atoms with Crippen molar-refractivity contribution in [2.45, 2.75) is 32.4 Å². The summed E-state index contributed by atoms with van der Waals surface area (Å²) in [6.45, 7) is 6.86. The highest BCUT2D eigenvalue weighted by Crippen LogP contribution is 2.11. The number of carbonyl (C=O) groups is 1.